The highest BCUT2D eigenvalue weighted by atomic mass is 35.5. The Bertz CT molecular complexity index is 994. The van der Waals surface area contributed by atoms with Crippen LogP contribution in [0.1, 0.15) is 42.7 Å². The number of nitrogens with zero attached hydrogens (tertiary/aromatic N) is 3. The van der Waals surface area contributed by atoms with Gasteiger partial charge in [0, 0.05) is 16.6 Å². The number of ether oxygens (including phenoxy) is 1. The summed E-state index contributed by atoms with van der Waals surface area (Å²) in [5.41, 5.74) is 1.57. The molecule has 1 aromatic heterocycles. The molecule has 7 heteroatoms. The Morgan fingerprint density at radius 3 is 2.59 bits per heavy atom. The van der Waals surface area contributed by atoms with Crippen LogP contribution in [-0.2, 0) is 0 Å². The lowest BCUT2D eigenvalue weighted by Gasteiger charge is -2.21. The second-order valence-corrected chi connectivity index (χ2v) is 7.62. The number of rotatable bonds is 5. The molecule has 0 aliphatic heterocycles. The van der Waals surface area contributed by atoms with Crippen molar-refractivity contribution in [3.8, 4) is 22.8 Å². The maximum absolute atomic E-state index is 12.8. The lowest BCUT2D eigenvalue weighted by Crippen LogP contribution is -2.36. The minimum Gasteiger partial charge on any atom is -0.497 e. The number of amides is 1. The fourth-order valence-corrected chi connectivity index (χ4v) is 3.81. The first kappa shape index (κ1) is 19.5. The fourth-order valence-electron chi connectivity index (χ4n) is 3.62. The number of carbonyl (C=O) groups excluding carboxylic acids is 1. The van der Waals surface area contributed by atoms with E-state index >= 15 is 0 Å². The van der Waals surface area contributed by atoms with Crippen LogP contribution in [0.4, 0.5) is 0 Å². The summed E-state index contributed by atoms with van der Waals surface area (Å²) in [5, 5.41) is 8.20. The maximum atomic E-state index is 12.8. The second-order valence-electron chi connectivity index (χ2n) is 7.19. The van der Waals surface area contributed by atoms with Gasteiger partial charge in [0.05, 0.1) is 12.8 Å². The first-order valence-electron chi connectivity index (χ1n) is 9.82. The zero-order chi connectivity index (χ0) is 20.2. The third-order valence-electron chi connectivity index (χ3n) is 5.15. The first-order valence-corrected chi connectivity index (χ1v) is 10.2. The first-order chi connectivity index (χ1) is 14.1. The van der Waals surface area contributed by atoms with E-state index in [1.807, 2.05) is 42.5 Å². The van der Waals surface area contributed by atoms with E-state index in [2.05, 4.69) is 15.4 Å². The molecule has 0 atom stereocenters. The summed E-state index contributed by atoms with van der Waals surface area (Å²) in [5.74, 6) is 1.22. The normalized spacial score (nSPS) is 14.6. The van der Waals surface area contributed by atoms with E-state index in [4.69, 9.17) is 16.3 Å². The summed E-state index contributed by atoms with van der Waals surface area (Å²) in [7, 11) is 1.62. The molecule has 1 N–H and O–H groups in total. The van der Waals surface area contributed by atoms with Gasteiger partial charge >= 0.3 is 0 Å². The van der Waals surface area contributed by atoms with E-state index in [-0.39, 0.29) is 17.8 Å². The van der Waals surface area contributed by atoms with Crippen molar-refractivity contribution in [2.24, 2.45) is 0 Å². The van der Waals surface area contributed by atoms with Crippen molar-refractivity contribution in [3.63, 3.8) is 0 Å². The van der Waals surface area contributed by atoms with Gasteiger partial charge in [0.15, 0.2) is 5.82 Å². The van der Waals surface area contributed by atoms with Crippen molar-refractivity contribution < 1.29 is 9.53 Å². The van der Waals surface area contributed by atoms with Gasteiger partial charge in [-0.3, -0.25) is 4.79 Å². The van der Waals surface area contributed by atoms with Gasteiger partial charge < -0.3 is 10.1 Å². The number of nitrogens with one attached hydrogen (secondary N) is 1. The summed E-state index contributed by atoms with van der Waals surface area (Å²) < 4.78 is 6.90. The van der Waals surface area contributed by atoms with Crippen LogP contribution in [0.2, 0.25) is 5.02 Å². The van der Waals surface area contributed by atoms with Gasteiger partial charge in [-0.15, -0.1) is 5.10 Å². The zero-order valence-corrected chi connectivity index (χ0v) is 17.0. The van der Waals surface area contributed by atoms with Crippen LogP contribution in [0.25, 0.3) is 17.1 Å². The van der Waals surface area contributed by atoms with E-state index < -0.39 is 0 Å². The van der Waals surface area contributed by atoms with Crippen molar-refractivity contribution in [2.75, 3.05) is 7.11 Å². The third-order valence-corrected chi connectivity index (χ3v) is 5.39. The number of methoxy groups -OCH3 is 1. The molecule has 0 radical (unpaired) electrons. The van der Waals surface area contributed by atoms with Crippen molar-refractivity contribution in [2.45, 2.75) is 38.1 Å². The molecular formula is C22H23ClN4O2. The van der Waals surface area contributed by atoms with Crippen LogP contribution in [0.5, 0.6) is 5.75 Å². The van der Waals surface area contributed by atoms with Crippen molar-refractivity contribution in [1.82, 2.24) is 20.1 Å². The van der Waals surface area contributed by atoms with Gasteiger partial charge in [0.1, 0.15) is 5.75 Å². The van der Waals surface area contributed by atoms with E-state index in [1.165, 1.54) is 6.42 Å². The lowest BCUT2D eigenvalue weighted by atomic mass is 9.95. The van der Waals surface area contributed by atoms with Crippen molar-refractivity contribution in [1.29, 1.82) is 0 Å². The van der Waals surface area contributed by atoms with Gasteiger partial charge in [0.25, 0.3) is 5.91 Å². The van der Waals surface area contributed by atoms with Crippen LogP contribution in [-0.4, -0.2) is 33.8 Å². The number of hydrogen-bond donors (Lipinski definition) is 1. The average Bonchev–Trinajstić information content (AvgIpc) is 3.20. The predicted octanol–water partition coefficient (Wildman–Crippen LogP) is 4.66. The third kappa shape index (κ3) is 4.43. The Labute approximate surface area is 174 Å². The van der Waals surface area contributed by atoms with Crippen LogP contribution < -0.4 is 10.1 Å². The quantitative estimate of drug-likeness (QED) is 0.664. The van der Waals surface area contributed by atoms with Gasteiger partial charge in [-0.2, -0.15) is 0 Å². The highest BCUT2D eigenvalue weighted by Crippen LogP contribution is 2.25. The predicted molar refractivity (Wildman–Crippen MR) is 113 cm³/mol. The molecule has 1 heterocycles. The molecule has 1 saturated carbocycles. The molecule has 1 amide bonds. The van der Waals surface area contributed by atoms with Crippen LogP contribution in [0.3, 0.4) is 0 Å². The Balaban J connectivity index is 1.70. The van der Waals surface area contributed by atoms with Gasteiger partial charge in [-0.1, -0.05) is 43.0 Å². The molecular weight excluding hydrogens is 388 g/mol. The Morgan fingerprint density at radius 2 is 1.90 bits per heavy atom. The Kier molecular flexibility index (Phi) is 5.81. The van der Waals surface area contributed by atoms with E-state index in [1.54, 1.807) is 17.9 Å². The standard InChI is InChI=1S/C22H23ClN4O2/c1-29-19-12-10-18(11-13-19)27-21(15-6-5-7-16(23)14-15)25-20(26-27)22(28)24-17-8-3-2-4-9-17/h5-7,10-14,17H,2-4,8-9H2,1H3,(H,24,28). The van der Waals surface area contributed by atoms with Crippen LogP contribution in [0.15, 0.2) is 48.5 Å². The summed E-state index contributed by atoms with van der Waals surface area (Å²) in [4.78, 5) is 17.4. The molecule has 6 nitrogen and oxygen atoms in total. The summed E-state index contributed by atoms with van der Waals surface area (Å²) in [6.07, 6.45) is 5.53. The van der Waals surface area contributed by atoms with Gasteiger partial charge in [-0.05, 0) is 49.2 Å². The topological polar surface area (TPSA) is 69.0 Å². The number of benzene rings is 2. The van der Waals surface area contributed by atoms with Crippen molar-refractivity contribution >= 4 is 17.5 Å². The molecule has 150 valence electrons. The molecule has 4 rings (SSSR count). The lowest BCUT2D eigenvalue weighted by molar-refractivity contribution is 0.0917. The molecule has 0 saturated heterocycles. The van der Waals surface area contributed by atoms with E-state index in [0.717, 1.165) is 42.7 Å². The van der Waals surface area contributed by atoms with E-state index in [9.17, 15) is 4.79 Å². The summed E-state index contributed by atoms with van der Waals surface area (Å²) in [6, 6.07) is 15.0. The maximum Gasteiger partial charge on any atom is 0.291 e. The summed E-state index contributed by atoms with van der Waals surface area (Å²) >= 11 is 6.18. The molecule has 0 spiro atoms. The minimum absolute atomic E-state index is 0.154. The average molecular weight is 411 g/mol. The molecule has 0 bridgehead atoms. The number of hydrogen-bond acceptors (Lipinski definition) is 4. The fraction of sp³-hybridized carbons (Fsp3) is 0.318. The monoisotopic (exact) mass is 410 g/mol. The molecule has 1 fully saturated rings. The molecule has 1 aliphatic rings. The van der Waals surface area contributed by atoms with Gasteiger partial charge in [0.2, 0.25) is 5.82 Å². The Hall–Kier alpha value is -2.86. The second kappa shape index (κ2) is 8.66. The number of carbonyl (C=O) groups is 1. The number of aromatic nitrogens is 3. The molecule has 0 unspecified atom stereocenters. The molecule has 3 aromatic rings. The van der Waals surface area contributed by atoms with Crippen LogP contribution >= 0.6 is 11.6 Å². The largest absolute Gasteiger partial charge is 0.497 e. The number of halogens is 1. The minimum atomic E-state index is -0.243. The van der Waals surface area contributed by atoms with E-state index in [0.29, 0.717) is 10.8 Å². The SMILES string of the molecule is COc1ccc(-n2nc(C(=O)NC3CCCCC3)nc2-c2cccc(Cl)c2)cc1. The zero-order valence-electron chi connectivity index (χ0n) is 16.3. The summed E-state index contributed by atoms with van der Waals surface area (Å²) in [6.45, 7) is 0. The molecule has 29 heavy (non-hydrogen) atoms. The highest BCUT2D eigenvalue weighted by Gasteiger charge is 2.22. The highest BCUT2D eigenvalue weighted by molar-refractivity contribution is 6.30. The molecule has 1 aliphatic carbocycles. The molecule has 2 aromatic carbocycles. The van der Waals surface area contributed by atoms with Crippen LogP contribution in [0, 0.1) is 0 Å². The smallest absolute Gasteiger partial charge is 0.291 e. The van der Waals surface area contributed by atoms with Crippen molar-refractivity contribution in [3.05, 3.63) is 59.4 Å². The van der Waals surface area contributed by atoms with Gasteiger partial charge in [-0.25, -0.2) is 9.67 Å². The Morgan fingerprint density at radius 1 is 1.14 bits per heavy atom.